The van der Waals surface area contributed by atoms with Crippen molar-refractivity contribution in [3.8, 4) is 0 Å². The minimum Gasteiger partial charge on any atom is -0.343 e. The van der Waals surface area contributed by atoms with Crippen LogP contribution in [0.5, 0.6) is 0 Å². The number of aromatic nitrogens is 1. The maximum atomic E-state index is 12.8. The van der Waals surface area contributed by atoms with Crippen LogP contribution < -0.4 is 0 Å². The first kappa shape index (κ1) is 20.1. The fourth-order valence-corrected chi connectivity index (χ4v) is 5.40. The van der Waals surface area contributed by atoms with Crippen LogP contribution in [0.15, 0.2) is 35.7 Å². The number of hydrogen-bond donors (Lipinski definition) is 0. The molecule has 0 radical (unpaired) electrons. The molecule has 0 unspecified atom stereocenters. The molecule has 3 heterocycles. The molecular weight excluding hydrogens is 382 g/mol. The van der Waals surface area contributed by atoms with Crippen LogP contribution >= 0.6 is 11.3 Å². The predicted molar refractivity (Wildman–Crippen MR) is 115 cm³/mol. The monoisotopic (exact) mass is 411 g/mol. The standard InChI is InChI=1S/C23H29N3O2S/c1-18-24-20(17-29-18)23(19-7-3-2-4-8-19)11-15-26(16-12-23)22(28)10-6-14-25-13-5-9-21(25)27/h2-4,7-8,17H,5-6,9-16H2,1H3. The first-order valence-corrected chi connectivity index (χ1v) is 11.5. The topological polar surface area (TPSA) is 53.5 Å². The lowest BCUT2D eigenvalue weighted by atomic mass is 9.70. The molecule has 0 bridgehead atoms. The Kier molecular flexibility index (Phi) is 5.99. The van der Waals surface area contributed by atoms with E-state index >= 15 is 0 Å². The maximum Gasteiger partial charge on any atom is 0.222 e. The van der Waals surface area contributed by atoms with Crippen LogP contribution in [0.3, 0.4) is 0 Å². The Morgan fingerprint density at radius 3 is 2.55 bits per heavy atom. The fraction of sp³-hybridized carbons (Fsp3) is 0.522. The van der Waals surface area contributed by atoms with Crippen LogP contribution in [0, 0.1) is 6.92 Å². The van der Waals surface area contributed by atoms with Gasteiger partial charge in [0.2, 0.25) is 11.8 Å². The molecule has 5 nitrogen and oxygen atoms in total. The number of hydrogen-bond acceptors (Lipinski definition) is 4. The van der Waals surface area contributed by atoms with Crippen LogP contribution in [-0.2, 0) is 15.0 Å². The largest absolute Gasteiger partial charge is 0.343 e. The summed E-state index contributed by atoms with van der Waals surface area (Å²) in [5.74, 6) is 0.453. The van der Waals surface area contributed by atoms with Crippen molar-refractivity contribution in [3.63, 3.8) is 0 Å². The molecule has 2 aliphatic heterocycles. The third-order valence-corrected chi connectivity index (χ3v) is 7.17. The number of rotatable bonds is 6. The summed E-state index contributed by atoms with van der Waals surface area (Å²) in [5.41, 5.74) is 2.33. The molecule has 1 aromatic carbocycles. The second-order valence-electron chi connectivity index (χ2n) is 8.17. The molecule has 4 rings (SSSR count). The van der Waals surface area contributed by atoms with Crippen LogP contribution in [0.1, 0.15) is 54.8 Å². The van der Waals surface area contributed by atoms with Gasteiger partial charge in [0, 0.05) is 49.8 Å². The van der Waals surface area contributed by atoms with Crippen LogP contribution in [0.2, 0.25) is 0 Å². The van der Waals surface area contributed by atoms with E-state index in [1.54, 1.807) is 11.3 Å². The zero-order valence-corrected chi connectivity index (χ0v) is 17.9. The lowest BCUT2D eigenvalue weighted by Crippen LogP contribution is -2.46. The first-order chi connectivity index (χ1) is 14.1. The van der Waals surface area contributed by atoms with E-state index < -0.39 is 0 Å². The van der Waals surface area contributed by atoms with E-state index in [-0.39, 0.29) is 17.2 Å². The minimum absolute atomic E-state index is 0.106. The summed E-state index contributed by atoms with van der Waals surface area (Å²) in [7, 11) is 0. The summed E-state index contributed by atoms with van der Waals surface area (Å²) in [4.78, 5) is 33.2. The van der Waals surface area contributed by atoms with Gasteiger partial charge in [0.25, 0.3) is 0 Å². The third kappa shape index (κ3) is 4.22. The number of carbonyl (C=O) groups is 2. The average molecular weight is 412 g/mol. The molecule has 0 aliphatic carbocycles. The zero-order chi connectivity index (χ0) is 20.3. The maximum absolute atomic E-state index is 12.8. The highest BCUT2D eigenvalue weighted by Gasteiger charge is 2.40. The van der Waals surface area contributed by atoms with Gasteiger partial charge in [-0.1, -0.05) is 30.3 Å². The average Bonchev–Trinajstić information content (AvgIpc) is 3.37. The van der Waals surface area contributed by atoms with E-state index in [1.807, 2.05) is 15.9 Å². The van der Waals surface area contributed by atoms with E-state index in [4.69, 9.17) is 4.98 Å². The van der Waals surface area contributed by atoms with Gasteiger partial charge in [-0.3, -0.25) is 9.59 Å². The number of carbonyl (C=O) groups excluding carboxylic acids is 2. The smallest absolute Gasteiger partial charge is 0.222 e. The molecule has 2 aromatic rings. The van der Waals surface area contributed by atoms with E-state index in [9.17, 15) is 9.59 Å². The van der Waals surface area contributed by atoms with Gasteiger partial charge in [0.15, 0.2) is 0 Å². The molecule has 0 atom stereocenters. The van der Waals surface area contributed by atoms with Crippen molar-refractivity contribution < 1.29 is 9.59 Å². The number of thiazole rings is 1. The van der Waals surface area contributed by atoms with E-state index in [0.717, 1.165) is 56.0 Å². The highest BCUT2D eigenvalue weighted by atomic mass is 32.1. The van der Waals surface area contributed by atoms with Gasteiger partial charge in [0.05, 0.1) is 10.7 Å². The van der Waals surface area contributed by atoms with Crippen molar-refractivity contribution in [1.82, 2.24) is 14.8 Å². The Morgan fingerprint density at radius 1 is 1.17 bits per heavy atom. The summed E-state index contributed by atoms with van der Waals surface area (Å²) in [6, 6.07) is 10.6. The Bertz CT molecular complexity index is 856. The molecule has 29 heavy (non-hydrogen) atoms. The summed E-state index contributed by atoms with van der Waals surface area (Å²) in [6.07, 6.45) is 4.70. The van der Waals surface area contributed by atoms with Gasteiger partial charge in [-0.05, 0) is 38.2 Å². The minimum atomic E-state index is -0.106. The molecule has 0 spiro atoms. The lowest BCUT2D eigenvalue weighted by molar-refractivity contribution is -0.133. The molecule has 0 N–H and O–H groups in total. The van der Waals surface area contributed by atoms with Crippen molar-refractivity contribution in [2.24, 2.45) is 0 Å². The Morgan fingerprint density at radius 2 is 1.93 bits per heavy atom. The SMILES string of the molecule is Cc1nc(C2(c3ccccc3)CCN(C(=O)CCCN3CCCC3=O)CC2)cs1. The number of nitrogens with zero attached hydrogens (tertiary/aromatic N) is 3. The lowest BCUT2D eigenvalue weighted by Gasteiger charge is -2.41. The van der Waals surface area contributed by atoms with Gasteiger partial charge in [-0.2, -0.15) is 0 Å². The van der Waals surface area contributed by atoms with Crippen molar-refractivity contribution in [2.45, 2.75) is 50.9 Å². The van der Waals surface area contributed by atoms with Gasteiger partial charge in [-0.15, -0.1) is 11.3 Å². The third-order valence-electron chi connectivity index (χ3n) is 6.40. The fourth-order valence-electron chi connectivity index (χ4n) is 4.69. The van der Waals surface area contributed by atoms with Crippen molar-refractivity contribution in [1.29, 1.82) is 0 Å². The summed E-state index contributed by atoms with van der Waals surface area (Å²) in [6.45, 7) is 5.13. The molecule has 6 heteroatoms. The first-order valence-electron chi connectivity index (χ1n) is 10.6. The highest BCUT2D eigenvalue weighted by Crippen LogP contribution is 2.42. The summed E-state index contributed by atoms with van der Waals surface area (Å²) >= 11 is 1.70. The summed E-state index contributed by atoms with van der Waals surface area (Å²) < 4.78 is 0. The second-order valence-corrected chi connectivity index (χ2v) is 9.23. The molecule has 2 fully saturated rings. The Labute approximate surface area is 176 Å². The summed E-state index contributed by atoms with van der Waals surface area (Å²) in [5, 5.41) is 3.28. The van der Waals surface area contributed by atoms with E-state index in [1.165, 1.54) is 5.56 Å². The number of likely N-dealkylation sites (tertiary alicyclic amines) is 2. The molecule has 2 amide bonds. The van der Waals surface area contributed by atoms with Gasteiger partial charge in [-0.25, -0.2) is 4.98 Å². The van der Waals surface area contributed by atoms with E-state index in [0.29, 0.717) is 19.4 Å². The number of benzene rings is 1. The number of aryl methyl sites for hydroxylation is 1. The Balaban J connectivity index is 1.39. The van der Waals surface area contributed by atoms with Crippen LogP contribution in [-0.4, -0.2) is 52.8 Å². The van der Waals surface area contributed by atoms with Gasteiger partial charge < -0.3 is 9.80 Å². The van der Waals surface area contributed by atoms with Crippen molar-refractivity contribution in [2.75, 3.05) is 26.2 Å². The number of piperidine rings is 1. The normalized spacial score (nSPS) is 19.0. The van der Waals surface area contributed by atoms with Gasteiger partial charge in [0.1, 0.15) is 0 Å². The van der Waals surface area contributed by atoms with E-state index in [2.05, 4.69) is 36.6 Å². The molecular formula is C23H29N3O2S. The van der Waals surface area contributed by atoms with Crippen molar-refractivity contribution in [3.05, 3.63) is 52.0 Å². The molecule has 0 saturated carbocycles. The van der Waals surface area contributed by atoms with Gasteiger partial charge >= 0.3 is 0 Å². The zero-order valence-electron chi connectivity index (χ0n) is 17.1. The van der Waals surface area contributed by atoms with Crippen LogP contribution in [0.25, 0.3) is 0 Å². The molecule has 2 aliphatic rings. The van der Waals surface area contributed by atoms with Crippen molar-refractivity contribution >= 4 is 23.2 Å². The van der Waals surface area contributed by atoms with Crippen LogP contribution in [0.4, 0.5) is 0 Å². The second kappa shape index (κ2) is 8.66. The Hall–Kier alpha value is -2.21. The molecule has 2 saturated heterocycles. The highest BCUT2D eigenvalue weighted by molar-refractivity contribution is 7.09. The predicted octanol–water partition coefficient (Wildman–Crippen LogP) is 3.76. The molecule has 1 aromatic heterocycles. The quantitative estimate of drug-likeness (QED) is 0.727. The molecule has 154 valence electrons. The number of amides is 2.